The fraction of sp³-hybridized carbons (Fsp3) is 0.636. The maximum Gasteiger partial charge on any atom is 0.121 e. The third-order valence-electron chi connectivity index (χ3n) is 2.69. The van der Waals surface area contributed by atoms with E-state index in [0.717, 1.165) is 32.0 Å². The van der Waals surface area contributed by atoms with Crippen molar-refractivity contribution in [2.45, 2.75) is 19.1 Å². The van der Waals surface area contributed by atoms with Gasteiger partial charge in [0.05, 0.1) is 25.0 Å². The molecule has 1 aromatic rings. The normalized spacial score (nSPS) is 25.3. The van der Waals surface area contributed by atoms with Crippen LogP contribution in [0.2, 0.25) is 0 Å². The Labute approximate surface area is 90.0 Å². The first kappa shape index (κ1) is 10.7. The van der Waals surface area contributed by atoms with Gasteiger partial charge in [-0.1, -0.05) is 0 Å². The van der Waals surface area contributed by atoms with Crippen LogP contribution in [0.5, 0.6) is 0 Å². The molecule has 1 saturated heterocycles. The molecular weight excluding hydrogens is 192 g/mol. The number of rotatable bonds is 3. The molecule has 0 amide bonds. The zero-order chi connectivity index (χ0) is 10.7. The maximum absolute atomic E-state index is 6.04. The average molecular weight is 210 g/mol. The summed E-state index contributed by atoms with van der Waals surface area (Å²) in [4.78, 5) is 2.32. The smallest absolute Gasteiger partial charge is 0.121 e. The molecule has 0 bridgehead atoms. The minimum absolute atomic E-state index is 0.0368. The number of ether oxygens (including phenoxy) is 1. The summed E-state index contributed by atoms with van der Waals surface area (Å²) < 4.78 is 10.8. The zero-order valence-corrected chi connectivity index (χ0v) is 9.06. The maximum atomic E-state index is 6.04. The Morgan fingerprint density at radius 3 is 3.20 bits per heavy atom. The Balaban J connectivity index is 1.86. The second kappa shape index (κ2) is 4.79. The van der Waals surface area contributed by atoms with E-state index in [-0.39, 0.29) is 6.04 Å². The van der Waals surface area contributed by atoms with Crippen molar-refractivity contribution >= 4 is 0 Å². The van der Waals surface area contributed by atoms with E-state index < -0.39 is 0 Å². The van der Waals surface area contributed by atoms with Crippen LogP contribution >= 0.6 is 0 Å². The van der Waals surface area contributed by atoms with Gasteiger partial charge in [-0.2, -0.15) is 0 Å². The molecule has 1 fully saturated rings. The van der Waals surface area contributed by atoms with Crippen molar-refractivity contribution in [1.82, 2.24) is 4.90 Å². The molecular formula is C11H18N2O2. The first-order chi connectivity index (χ1) is 7.25. The Kier molecular flexibility index (Phi) is 3.41. The highest BCUT2D eigenvalue weighted by Gasteiger charge is 2.20. The summed E-state index contributed by atoms with van der Waals surface area (Å²) in [5.41, 5.74) is 6.04. The molecule has 0 radical (unpaired) electrons. The lowest BCUT2D eigenvalue weighted by molar-refractivity contribution is -0.0204. The lowest BCUT2D eigenvalue weighted by Gasteiger charge is -2.32. The zero-order valence-electron chi connectivity index (χ0n) is 9.06. The van der Waals surface area contributed by atoms with E-state index in [1.54, 1.807) is 6.26 Å². The molecule has 1 aliphatic rings. The molecule has 2 rings (SSSR count). The van der Waals surface area contributed by atoms with Gasteiger partial charge in [-0.05, 0) is 19.1 Å². The van der Waals surface area contributed by atoms with E-state index in [2.05, 4.69) is 11.8 Å². The van der Waals surface area contributed by atoms with E-state index in [4.69, 9.17) is 14.9 Å². The first-order valence-electron chi connectivity index (χ1n) is 5.38. The van der Waals surface area contributed by atoms with Gasteiger partial charge >= 0.3 is 0 Å². The standard InChI is InChI=1S/C11H18N2O2/c1-9-7-13(4-6-14-9)8-10(12)11-3-2-5-15-11/h2-3,5,9-10H,4,6-8,12H2,1H3. The average Bonchev–Trinajstić information content (AvgIpc) is 2.70. The van der Waals surface area contributed by atoms with Crippen LogP contribution in [-0.2, 0) is 4.74 Å². The van der Waals surface area contributed by atoms with Crippen LogP contribution in [0.15, 0.2) is 22.8 Å². The predicted molar refractivity (Wildman–Crippen MR) is 57.5 cm³/mol. The highest BCUT2D eigenvalue weighted by atomic mass is 16.5. The lowest BCUT2D eigenvalue weighted by Crippen LogP contribution is -2.44. The topological polar surface area (TPSA) is 51.6 Å². The number of nitrogens with zero attached hydrogens (tertiary/aromatic N) is 1. The van der Waals surface area contributed by atoms with Crippen molar-refractivity contribution in [1.29, 1.82) is 0 Å². The Morgan fingerprint density at radius 1 is 1.67 bits per heavy atom. The van der Waals surface area contributed by atoms with E-state index in [1.807, 2.05) is 12.1 Å². The molecule has 1 aromatic heterocycles. The number of morpholine rings is 1. The van der Waals surface area contributed by atoms with E-state index in [9.17, 15) is 0 Å². The van der Waals surface area contributed by atoms with Crippen molar-refractivity contribution in [3.05, 3.63) is 24.2 Å². The molecule has 0 aliphatic carbocycles. The minimum Gasteiger partial charge on any atom is -0.468 e. The summed E-state index contributed by atoms with van der Waals surface area (Å²) in [5, 5.41) is 0. The monoisotopic (exact) mass is 210 g/mol. The molecule has 1 aliphatic heterocycles. The molecule has 2 unspecified atom stereocenters. The summed E-state index contributed by atoms with van der Waals surface area (Å²) in [6, 6.07) is 3.76. The fourth-order valence-electron chi connectivity index (χ4n) is 1.93. The van der Waals surface area contributed by atoms with Crippen LogP contribution in [0.3, 0.4) is 0 Å². The van der Waals surface area contributed by atoms with Gasteiger partial charge in [0, 0.05) is 19.6 Å². The molecule has 0 saturated carbocycles. The molecule has 2 N–H and O–H groups in total. The third kappa shape index (κ3) is 2.81. The van der Waals surface area contributed by atoms with Crippen LogP contribution in [0.4, 0.5) is 0 Å². The van der Waals surface area contributed by atoms with Gasteiger partial charge in [0.25, 0.3) is 0 Å². The number of hydrogen-bond acceptors (Lipinski definition) is 4. The van der Waals surface area contributed by atoms with Crippen LogP contribution in [-0.4, -0.2) is 37.2 Å². The molecule has 2 atom stereocenters. The molecule has 0 spiro atoms. The molecule has 0 aromatic carbocycles. The molecule has 4 nitrogen and oxygen atoms in total. The second-order valence-corrected chi connectivity index (χ2v) is 4.06. The van der Waals surface area contributed by atoms with E-state index >= 15 is 0 Å². The van der Waals surface area contributed by atoms with Crippen LogP contribution in [0.25, 0.3) is 0 Å². The second-order valence-electron chi connectivity index (χ2n) is 4.06. The predicted octanol–water partition coefficient (Wildman–Crippen LogP) is 1.00. The van der Waals surface area contributed by atoms with Gasteiger partial charge < -0.3 is 14.9 Å². The van der Waals surface area contributed by atoms with Gasteiger partial charge in [-0.25, -0.2) is 0 Å². The Bertz CT molecular complexity index is 287. The van der Waals surface area contributed by atoms with Crippen LogP contribution in [0, 0.1) is 0 Å². The highest BCUT2D eigenvalue weighted by molar-refractivity contribution is 5.04. The van der Waals surface area contributed by atoms with E-state index in [1.165, 1.54) is 0 Å². The first-order valence-corrected chi connectivity index (χ1v) is 5.38. The quantitative estimate of drug-likeness (QED) is 0.808. The fourth-order valence-corrected chi connectivity index (χ4v) is 1.93. The van der Waals surface area contributed by atoms with Gasteiger partial charge in [0.1, 0.15) is 5.76 Å². The van der Waals surface area contributed by atoms with Crippen LogP contribution in [0.1, 0.15) is 18.7 Å². The summed E-state index contributed by atoms with van der Waals surface area (Å²) in [6.45, 7) is 5.63. The van der Waals surface area contributed by atoms with Gasteiger partial charge in [-0.3, -0.25) is 4.90 Å². The van der Waals surface area contributed by atoms with Gasteiger partial charge in [-0.15, -0.1) is 0 Å². The molecule has 2 heterocycles. The molecule has 4 heteroatoms. The van der Waals surface area contributed by atoms with Crippen molar-refractivity contribution in [2.75, 3.05) is 26.2 Å². The van der Waals surface area contributed by atoms with Gasteiger partial charge in [0.2, 0.25) is 0 Å². The summed E-state index contributed by atoms with van der Waals surface area (Å²) in [5.74, 6) is 0.856. The Hall–Kier alpha value is -0.840. The van der Waals surface area contributed by atoms with Crippen molar-refractivity contribution < 1.29 is 9.15 Å². The summed E-state index contributed by atoms with van der Waals surface area (Å²) in [6.07, 6.45) is 1.97. The minimum atomic E-state index is -0.0368. The SMILES string of the molecule is CC1CN(CC(N)c2ccco2)CCO1. The summed E-state index contributed by atoms with van der Waals surface area (Å²) in [7, 11) is 0. The van der Waals surface area contributed by atoms with E-state index in [0.29, 0.717) is 6.10 Å². The molecule has 15 heavy (non-hydrogen) atoms. The third-order valence-corrected chi connectivity index (χ3v) is 2.69. The number of hydrogen-bond donors (Lipinski definition) is 1. The van der Waals surface area contributed by atoms with Crippen molar-refractivity contribution in [2.24, 2.45) is 5.73 Å². The van der Waals surface area contributed by atoms with Crippen LogP contribution < -0.4 is 5.73 Å². The highest BCUT2D eigenvalue weighted by Crippen LogP contribution is 2.14. The molecule has 84 valence electrons. The van der Waals surface area contributed by atoms with Crippen molar-refractivity contribution in [3.8, 4) is 0 Å². The Morgan fingerprint density at radius 2 is 2.53 bits per heavy atom. The lowest BCUT2D eigenvalue weighted by atomic mass is 10.2. The number of nitrogens with two attached hydrogens (primary N) is 1. The largest absolute Gasteiger partial charge is 0.468 e. The van der Waals surface area contributed by atoms with Crippen molar-refractivity contribution in [3.63, 3.8) is 0 Å². The summed E-state index contributed by atoms with van der Waals surface area (Å²) >= 11 is 0. The van der Waals surface area contributed by atoms with Gasteiger partial charge in [0.15, 0.2) is 0 Å². The number of furan rings is 1.